The lowest BCUT2D eigenvalue weighted by molar-refractivity contribution is 0.0748. The summed E-state index contributed by atoms with van der Waals surface area (Å²) in [5, 5.41) is 0.872. The number of piperazine rings is 1. The van der Waals surface area contributed by atoms with Gasteiger partial charge in [-0.05, 0) is 50.2 Å². The first-order valence-corrected chi connectivity index (χ1v) is 12.6. The smallest absolute Gasteiger partial charge is 0.254 e. The van der Waals surface area contributed by atoms with Gasteiger partial charge in [0, 0.05) is 37.1 Å². The van der Waals surface area contributed by atoms with Crippen LogP contribution in [0.15, 0.2) is 78.9 Å². The Morgan fingerprint density at radius 2 is 1.58 bits per heavy atom. The fourth-order valence-electron chi connectivity index (χ4n) is 4.73. The van der Waals surface area contributed by atoms with Crippen molar-refractivity contribution in [1.82, 2.24) is 9.88 Å². The van der Waals surface area contributed by atoms with Gasteiger partial charge in [-0.2, -0.15) is 0 Å². The first-order valence-electron chi connectivity index (χ1n) is 12.6. The van der Waals surface area contributed by atoms with Gasteiger partial charge in [-0.15, -0.1) is 0 Å². The van der Waals surface area contributed by atoms with E-state index in [0.29, 0.717) is 31.9 Å². The van der Waals surface area contributed by atoms with Crippen molar-refractivity contribution in [3.63, 3.8) is 0 Å². The van der Waals surface area contributed by atoms with Crippen molar-refractivity contribution in [2.75, 3.05) is 44.3 Å². The third kappa shape index (κ3) is 4.85. The maximum atomic E-state index is 13.8. The maximum Gasteiger partial charge on any atom is 0.254 e. The summed E-state index contributed by atoms with van der Waals surface area (Å²) in [7, 11) is 0. The predicted octanol–water partition coefficient (Wildman–Crippen LogP) is 5.66. The molecule has 36 heavy (non-hydrogen) atoms. The number of anilines is 1. The molecule has 0 N–H and O–H groups in total. The molecular formula is C30H31N3O3. The Labute approximate surface area is 212 Å². The van der Waals surface area contributed by atoms with Crippen LogP contribution in [0.25, 0.3) is 22.2 Å². The number of rotatable bonds is 7. The molecule has 0 saturated carbocycles. The molecule has 2 heterocycles. The lowest BCUT2D eigenvalue weighted by atomic mass is 10.0. The Morgan fingerprint density at radius 1 is 0.833 bits per heavy atom. The van der Waals surface area contributed by atoms with Crippen LogP contribution < -0.4 is 14.4 Å². The molecule has 0 aliphatic carbocycles. The number of fused-ring (bicyclic) bond motifs is 1. The summed E-state index contributed by atoms with van der Waals surface area (Å²) >= 11 is 0. The number of aromatic nitrogens is 1. The lowest BCUT2D eigenvalue weighted by Crippen LogP contribution is -2.49. The largest absolute Gasteiger partial charge is 0.494 e. The molecule has 1 aliphatic rings. The molecule has 5 rings (SSSR count). The van der Waals surface area contributed by atoms with Crippen LogP contribution in [0.3, 0.4) is 0 Å². The number of carbonyl (C=O) groups excluding carboxylic acids is 1. The summed E-state index contributed by atoms with van der Waals surface area (Å²) in [6, 6.07) is 25.8. The molecule has 0 spiro atoms. The van der Waals surface area contributed by atoms with Gasteiger partial charge >= 0.3 is 0 Å². The van der Waals surface area contributed by atoms with E-state index in [1.807, 2.05) is 91.5 Å². The second-order valence-electron chi connectivity index (χ2n) is 8.71. The summed E-state index contributed by atoms with van der Waals surface area (Å²) in [5.41, 5.74) is 4.27. The Hall–Kier alpha value is -4.06. The Kier molecular flexibility index (Phi) is 7.03. The number of carbonyl (C=O) groups is 1. The van der Waals surface area contributed by atoms with Gasteiger partial charge in [0.05, 0.1) is 35.7 Å². The zero-order valence-electron chi connectivity index (χ0n) is 20.8. The zero-order valence-corrected chi connectivity index (χ0v) is 20.8. The van der Waals surface area contributed by atoms with E-state index >= 15 is 0 Å². The van der Waals surface area contributed by atoms with Gasteiger partial charge < -0.3 is 19.3 Å². The fraction of sp³-hybridized carbons (Fsp3) is 0.267. The van der Waals surface area contributed by atoms with Gasteiger partial charge in [-0.3, -0.25) is 4.79 Å². The lowest BCUT2D eigenvalue weighted by Gasteiger charge is -2.37. The zero-order chi connectivity index (χ0) is 24.9. The average molecular weight is 482 g/mol. The highest BCUT2D eigenvalue weighted by Crippen LogP contribution is 2.31. The van der Waals surface area contributed by atoms with Crippen LogP contribution in [0.2, 0.25) is 0 Å². The fourth-order valence-corrected chi connectivity index (χ4v) is 4.73. The number of amides is 1. The minimum absolute atomic E-state index is 0.0357. The van der Waals surface area contributed by atoms with E-state index in [-0.39, 0.29) is 5.91 Å². The van der Waals surface area contributed by atoms with Gasteiger partial charge in [0.1, 0.15) is 11.5 Å². The molecule has 0 atom stereocenters. The molecule has 0 unspecified atom stereocenters. The number of benzene rings is 3. The van der Waals surface area contributed by atoms with Crippen LogP contribution in [0, 0.1) is 0 Å². The molecular weight excluding hydrogens is 450 g/mol. The van der Waals surface area contributed by atoms with Crippen LogP contribution in [-0.4, -0.2) is 55.2 Å². The first-order chi connectivity index (χ1) is 17.7. The van der Waals surface area contributed by atoms with Crippen molar-refractivity contribution < 1.29 is 14.3 Å². The van der Waals surface area contributed by atoms with Gasteiger partial charge in [-0.1, -0.05) is 42.5 Å². The molecule has 0 radical (unpaired) electrons. The van der Waals surface area contributed by atoms with E-state index in [0.717, 1.165) is 52.4 Å². The van der Waals surface area contributed by atoms with E-state index in [2.05, 4.69) is 11.0 Å². The molecule has 1 saturated heterocycles. The highest BCUT2D eigenvalue weighted by molar-refractivity contribution is 6.07. The van der Waals surface area contributed by atoms with E-state index in [4.69, 9.17) is 14.5 Å². The maximum absolute atomic E-state index is 13.8. The van der Waals surface area contributed by atoms with E-state index < -0.39 is 0 Å². The third-order valence-electron chi connectivity index (χ3n) is 6.46. The average Bonchev–Trinajstić information content (AvgIpc) is 2.93. The van der Waals surface area contributed by atoms with Crippen LogP contribution in [0.4, 0.5) is 5.69 Å². The molecule has 184 valence electrons. The standard InChI is InChI=1S/C30H31N3O3/c1-3-35-23-11-9-10-22(20-23)27-21-25(24-12-5-6-13-26(24)31-27)30(34)33-18-16-32(17-19-33)28-14-7-8-15-29(28)36-4-2/h5-15,20-21H,3-4,16-19H2,1-2H3. The van der Waals surface area contributed by atoms with E-state index in [1.165, 1.54) is 0 Å². The quantitative estimate of drug-likeness (QED) is 0.341. The Morgan fingerprint density at radius 3 is 2.39 bits per heavy atom. The second kappa shape index (κ2) is 10.7. The molecule has 4 aromatic rings. The van der Waals surface area contributed by atoms with Crippen molar-refractivity contribution in [2.45, 2.75) is 13.8 Å². The topological polar surface area (TPSA) is 54.9 Å². The summed E-state index contributed by atoms with van der Waals surface area (Å²) in [6.07, 6.45) is 0. The molecule has 6 nitrogen and oxygen atoms in total. The number of hydrogen-bond acceptors (Lipinski definition) is 5. The van der Waals surface area contributed by atoms with Crippen molar-refractivity contribution in [2.24, 2.45) is 0 Å². The third-order valence-corrected chi connectivity index (χ3v) is 6.46. The number of pyridine rings is 1. The first kappa shape index (κ1) is 23.7. The SMILES string of the molecule is CCOc1cccc(-c2cc(C(=O)N3CCN(c4ccccc4OCC)CC3)c3ccccc3n2)c1. The summed E-state index contributed by atoms with van der Waals surface area (Å²) in [6.45, 7) is 7.97. The molecule has 1 aromatic heterocycles. The number of nitrogens with zero attached hydrogens (tertiary/aromatic N) is 3. The van der Waals surface area contributed by atoms with E-state index in [9.17, 15) is 4.79 Å². The highest BCUT2D eigenvalue weighted by Gasteiger charge is 2.25. The molecule has 1 amide bonds. The van der Waals surface area contributed by atoms with Gasteiger partial charge in [0.15, 0.2) is 0 Å². The molecule has 0 bridgehead atoms. The summed E-state index contributed by atoms with van der Waals surface area (Å²) in [5.74, 6) is 1.72. The van der Waals surface area contributed by atoms with E-state index in [1.54, 1.807) is 0 Å². The minimum Gasteiger partial charge on any atom is -0.494 e. The van der Waals surface area contributed by atoms with Crippen LogP contribution >= 0.6 is 0 Å². The number of hydrogen-bond donors (Lipinski definition) is 0. The number of para-hydroxylation sites is 3. The summed E-state index contributed by atoms with van der Waals surface area (Å²) in [4.78, 5) is 22.9. The second-order valence-corrected chi connectivity index (χ2v) is 8.71. The van der Waals surface area contributed by atoms with Gasteiger partial charge in [-0.25, -0.2) is 4.98 Å². The monoisotopic (exact) mass is 481 g/mol. The van der Waals surface area contributed by atoms with Gasteiger partial charge in [0.25, 0.3) is 5.91 Å². The predicted molar refractivity (Wildman–Crippen MR) is 144 cm³/mol. The van der Waals surface area contributed by atoms with Gasteiger partial charge in [0.2, 0.25) is 0 Å². The molecule has 1 fully saturated rings. The van der Waals surface area contributed by atoms with Crippen molar-refractivity contribution in [1.29, 1.82) is 0 Å². The number of ether oxygens (including phenoxy) is 2. The Bertz CT molecular complexity index is 1360. The van der Waals surface area contributed by atoms with Crippen molar-refractivity contribution >= 4 is 22.5 Å². The molecule has 6 heteroatoms. The molecule has 3 aromatic carbocycles. The van der Waals surface area contributed by atoms with Crippen LogP contribution in [0.1, 0.15) is 24.2 Å². The molecule has 1 aliphatic heterocycles. The van der Waals surface area contributed by atoms with Crippen molar-refractivity contribution in [3.8, 4) is 22.8 Å². The highest BCUT2D eigenvalue weighted by atomic mass is 16.5. The minimum atomic E-state index is 0.0357. The van der Waals surface area contributed by atoms with Crippen LogP contribution in [0.5, 0.6) is 11.5 Å². The van der Waals surface area contributed by atoms with Crippen LogP contribution in [-0.2, 0) is 0 Å². The van der Waals surface area contributed by atoms with Crippen molar-refractivity contribution in [3.05, 3.63) is 84.4 Å². The summed E-state index contributed by atoms with van der Waals surface area (Å²) < 4.78 is 11.5. The normalized spacial score (nSPS) is 13.6. The Balaban J connectivity index is 1.42.